The first-order chi connectivity index (χ1) is 21.9. The topological polar surface area (TPSA) is 149 Å². The predicted octanol–water partition coefficient (Wildman–Crippen LogP) is -0.0258. The Hall–Kier alpha value is -3.12. The maximum Gasteiger partial charge on any atom is 0.243 e. The van der Waals surface area contributed by atoms with Crippen LogP contribution in [0.4, 0.5) is 13.2 Å². The number of nitrogens with one attached hydrogen (secondary N) is 1. The molecule has 2 aromatic carbocycles. The van der Waals surface area contributed by atoms with Gasteiger partial charge in [-0.05, 0) is 42.3 Å². The van der Waals surface area contributed by atoms with Crippen LogP contribution in [0.15, 0.2) is 47.4 Å². The summed E-state index contributed by atoms with van der Waals surface area (Å²) in [6.45, 7) is -0.140. The number of hydrogen-bond acceptors (Lipinski definition) is 9. The summed E-state index contributed by atoms with van der Waals surface area (Å²) in [6.07, 6.45) is -6.40. The number of fused-ring (bicyclic) bond motifs is 6. The molecule has 2 aromatic rings. The summed E-state index contributed by atoms with van der Waals surface area (Å²) in [5.74, 6) is -3.63. The number of halogens is 3. The van der Waals surface area contributed by atoms with Gasteiger partial charge >= 0.3 is 0 Å². The molecule has 4 fully saturated rings. The molecule has 0 saturated carbocycles. The molecule has 0 radical (unpaired) electrons. The number of ether oxygens (including phenoxy) is 2. The second-order valence-electron chi connectivity index (χ2n) is 12.1. The summed E-state index contributed by atoms with van der Waals surface area (Å²) in [6, 6.07) is 6.65. The van der Waals surface area contributed by atoms with Gasteiger partial charge < -0.3 is 29.9 Å². The van der Waals surface area contributed by atoms with Gasteiger partial charge in [-0.25, -0.2) is 21.6 Å². The van der Waals surface area contributed by atoms with Crippen LogP contribution in [0.3, 0.4) is 0 Å². The number of hydrogen-bond donors (Lipinski definition) is 3. The van der Waals surface area contributed by atoms with E-state index in [1.54, 1.807) is 9.80 Å². The zero-order valence-corrected chi connectivity index (χ0v) is 25.5. The van der Waals surface area contributed by atoms with E-state index in [4.69, 9.17) is 9.47 Å². The van der Waals surface area contributed by atoms with Gasteiger partial charge in [0, 0.05) is 45.3 Å². The Morgan fingerprint density at radius 3 is 2.48 bits per heavy atom. The molecular formula is C30H35F3N4O8S. The minimum Gasteiger partial charge on any atom is -0.388 e. The largest absolute Gasteiger partial charge is 0.388 e. The Bertz CT molecular complexity index is 1580. The molecule has 250 valence electrons. The first-order valence-corrected chi connectivity index (χ1v) is 16.5. The van der Waals surface area contributed by atoms with Crippen LogP contribution < -0.4 is 5.32 Å². The highest BCUT2D eigenvalue weighted by Gasteiger charge is 2.47. The van der Waals surface area contributed by atoms with Crippen LogP contribution in [0.25, 0.3) is 0 Å². The van der Waals surface area contributed by atoms with E-state index >= 15 is 0 Å². The summed E-state index contributed by atoms with van der Waals surface area (Å²) in [5, 5.41) is 24.4. The number of carbonyl (C=O) groups is 2. The van der Waals surface area contributed by atoms with E-state index in [-0.39, 0.29) is 63.0 Å². The molecule has 0 aliphatic carbocycles. The highest BCUT2D eigenvalue weighted by molar-refractivity contribution is 7.89. The fourth-order valence-corrected chi connectivity index (χ4v) is 8.16. The van der Waals surface area contributed by atoms with E-state index in [0.29, 0.717) is 5.56 Å². The number of sulfonamides is 1. The van der Waals surface area contributed by atoms with Crippen LogP contribution in [0.5, 0.6) is 0 Å². The Kier molecular flexibility index (Phi) is 9.40. The van der Waals surface area contributed by atoms with Gasteiger partial charge in [0.25, 0.3) is 0 Å². The number of carbonyl (C=O) groups excluding carboxylic acids is 2. The highest BCUT2D eigenvalue weighted by atomic mass is 32.2. The highest BCUT2D eigenvalue weighted by Crippen LogP contribution is 2.29. The average Bonchev–Trinajstić information content (AvgIpc) is 3.52. The quantitative estimate of drug-likeness (QED) is 0.409. The molecule has 2 amide bonds. The van der Waals surface area contributed by atoms with Gasteiger partial charge in [-0.1, -0.05) is 12.1 Å². The van der Waals surface area contributed by atoms with Crippen LogP contribution in [0.1, 0.15) is 18.4 Å². The van der Waals surface area contributed by atoms with Crippen LogP contribution in [-0.4, -0.2) is 126 Å². The zero-order valence-electron chi connectivity index (χ0n) is 24.7. The molecule has 4 aliphatic heterocycles. The van der Waals surface area contributed by atoms with Crippen molar-refractivity contribution in [1.82, 2.24) is 19.4 Å². The van der Waals surface area contributed by atoms with Gasteiger partial charge in [0.05, 0.1) is 36.2 Å². The van der Waals surface area contributed by atoms with E-state index < -0.39 is 82.5 Å². The Morgan fingerprint density at radius 2 is 1.72 bits per heavy atom. The lowest BCUT2D eigenvalue weighted by molar-refractivity contribution is -0.144. The van der Waals surface area contributed by atoms with Gasteiger partial charge in [-0.3, -0.25) is 14.5 Å². The molecule has 4 heterocycles. The van der Waals surface area contributed by atoms with Crippen molar-refractivity contribution >= 4 is 21.8 Å². The van der Waals surface area contributed by atoms with Crippen molar-refractivity contribution in [3.63, 3.8) is 0 Å². The van der Waals surface area contributed by atoms with Crippen molar-refractivity contribution in [3.8, 4) is 0 Å². The Labute approximate surface area is 263 Å². The molecular weight excluding hydrogens is 633 g/mol. The molecule has 0 unspecified atom stereocenters. The third kappa shape index (κ3) is 6.79. The SMILES string of the molecule is O=C1C[C@@H]2O[C@H](CN(S(=O)(=O)c3cccc(F)c3)C[C@@H]3CN(CCO3)C(=O)[C@@H]3C[C@@H](CN3Cc3ccc(F)c(F)c3)N1)[C@@H](O)[C@H]2O. The monoisotopic (exact) mass is 668 g/mol. The molecule has 6 rings (SSSR count). The van der Waals surface area contributed by atoms with Crippen LogP contribution >= 0.6 is 0 Å². The van der Waals surface area contributed by atoms with Gasteiger partial charge in [0.2, 0.25) is 21.8 Å². The number of benzene rings is 2. The van der Waals surface area contributed by atoms with Crippen molar-refractivity contribution in [1.29, 1.82) is 0 Å². The van der Waals surface area contributed by atoms with Gasteiger partial charge in [-0.2, -0.15) is 4.31 Å². The first-order valence-electron chi connectivity index (χ1n) is 15.0. The lowest BCUT2D eigenvalue weighted by Crippen LogP contribution is -2.55. The second kappa shape index (κ2) is 13.2. The molecule has 12 nitrogen and oxygen atoms in total. The Morgan fingerprint density at radius 1 is 0.935 bits per heavy atom. The number of nitrogens with zero attached hydrogens (tertiary/aromatic N) is 3. The summed E-state index contributed by atoms with van der Waals surface area (Å²) in [5.41, 5.74) is 0.426. The van der Waals surface area contributed by atoms with Crippen LogP contribution in [-0.2, 0) is 35.6 Å². The summed E-state index contributed by atoms with van der Waals surface area (Å²) >= 11 is 0. The maximum absolute atomic E-state index is 14.1. The predicted molar refractivity (Wildman–Crippen MR) is 154 cm³/mol. The molecule has 0 spiro atoms. The molecule has 4 aliphatic rings. The fraction of sp³-hybridized carbons (Fsp3) is 0.533. The molecule has 0 aromatic heterocycles. The minimum absolute atomic E-state index is 0.000125. The molecule has 4 saturated heterocycles. The molecule has 46 heavy (non-hydrogen) atoms. The molecule has 16 heteroatoms. The fourth-order valence-electron chi connectivity index (χ4n) is 6.64. The number of rotatable bonds is 4. The maximum atomic E-state index is 14.1. The number of likely N-dealkylation sites (tertiary alicyclic amines) is 1. The van der Waals surface area contributed by atoms with Crippen LogP contribution in [0, 0.1) is 17.5 Å². The number of aliphatic hydroxyl groups excluding tert-OH is 2. The molecule has 7 atom stereocenters. The van der Waals surface area contributed by atoms with E-state index in [1.165, 1.54) is 18.2 Å². The standard InChI is InChI=1S/C30H35F3N4O8S/c31-18-2-1-3-21(9-18)46(42,43)37-15-20-14-35(6-7-44-20)30(41)24-10-19(13-36(24)12-17-4-5-22(32)23(33)8-17)34-27(38)11-25-28(39)29(40)26(16-37)45-25/h1-5,8-9,19-20,24-26,28-29,39-40H,6-7,10-16H2,(H,34,38)/t19-,20-,24-,25-,26+,28-,29+/m0/s1. The van der Waals surface area contributed by atoms with E-state index in [1.807, 2.05) is 0 Å². The van der Waals surface area contributed by atoms with Crippen molar-refractivity contribution in [2.24, 2.45) is 0 Å². The van der Waals surface area contributed by atoms with Gasteiger partial charge in [-0.15, -0.1) is 0 Å². The van der Waals surface area contributed by atoms with Gasteiger partial charge in [0.15, 0.2) is 11.6 Å². The van der Waals surface area contributed by atoms with Crippen LogP contribution in [0.2, 0.25) is 0 Å². The third-order valence-corrected chi connectivity index (χ3v) is 10.8. The number of morpholine rings is 1. The van der Waals surface area contributed by atoms with E-state index in [2.05, 4.69) is 5.32 Å². The second-order valence-corrected chi connectivity index (χ2v) is 14.1. The zero-order chi connectivity index (χ0) is 32.7. The lowest BCUT2D eigenvalue weighted by atomic mass is 10.0. The van der Waals surface area contributed by atoms with Crippen molar-refractivity contribution in [2.45, 2.75) is 66.9 Å². The average molecular weight is 669 g/mol. The molecule has 3 N–H and O–H groups in total. The van der Waals surface area contributed by atoms with Crippen molar-refractivity contribution in [2.75, 3.05) is 39.3 Å². The molecule has 6 bridgehead atoms. The normalized spacial score (nSPS) is 31.7. The summed E-state index contributed by atoms with van der Waals surface area (Å²) < 4.78 is 81.9. The van der Waals surface area contributed by atoms with Crippen molar-refractivity contribution < 1.29 is 50.9 Å². The van der Waals surface area contributed by atoms with Gasteiger partial charge in [0.1, 0.15) is 24.1 Å². The van der Waals surface area contributed by atoms with E-state index in [9.17, 15) is 41.4 Å². The summed E-state index contributed by atoms with van der Waals surface area (Å²) in [4.78, 5) is 30.0. The number of aliphatic hydroxyl groups is 2. The van der Waals surface area contributed by atoms with E-state index in [0.717, 1.165) is 28.6 Å². The van der Waals surface area contributed by atoms with Crippen molar-refractivity contribution in [3.05, 3.63) is 65.5 Å². The number of amides is 2. The third-order valence-electron chi connectivity index (χ3n) is 8.95. The smallest absolute Gasteiger partial charge is 0.243 e. The summed E-state index contributed by atoms with van der Waals surface area (Å²) in [7, 11) is -4.40. The lowest BCUT2D eigenvalue weighted by Gasteiger charge is -2.38. The first kappa shape index (κ1) is 32.8. The minimum atomic E-state index is -4.40. The Balaban J connectivity index is 1.31.